The first kappa shape index (κ1) is 18.1. The molecule has 4 rings (SSSR count). The van der Waals surface area contributed by atoms with Gasteiger partial charge in [0, 0.05) is 69.4 Å². The van der Waals surface area contributed by atoms with Gasteiger partial charge in [0.1, 0.15) is 0 Å². The van der Waals surface area contributed by atoms with Crippen molar-refractivity contribution in [3.05, 3.63) is 0 Å². The Hall–Kier alpha value is -0.300. The van der Waals surface area contributed by atoms with Crippen molar-refractivity contribution in [1.29, 1.82) is 0 Å². The lowest BCUT2D eigenvalue weighted by Crippen LogP contribution is -2.53. The highest BCUT2D eigenvalue weighted by molar-refractivity contribution is 7.99. The maximum atomic E-state index is 12.7. The van der Waals surface area contributed by atoms with Gasteiger partial charge in [0.2, 0.25) is 5.91 Å². The number of rotatable bonds is 3. The molecule has 0 spiro atoms. The van der Waals surface area contributed by atoms with Gasteiger partial charge in [-0.1, -0.05) is 19.3 Å². The Labute approximate surface area is 156 Å². The average Bonchev–Trinajstić information content (AvgIpc) is 3.19. The summed E-state index contributed by atoms with van der Waals surface area (Å²) in [6.45, 7) is 7.68. The third kappa shape index (κ3) is 4.34. The number of thioether (sulfide) groups is 1. The van der Waals surface area contributed by atoms with E-state index in [1.165, 1.54) is 58.3 Å². The standard InChI is InChI=1S/C19H34N4OS/c24-19(23-10-12-25-13-11-23)18-14-17(15-20-18)22-8-6-21(7-9-22)16-4-2-1-3-5-16/h16-18,20H,1-15H2/t17-,18-/m0/s1. The van der Waals surface area contributed by atoms with Crippen LogP contribution in [0, 0.1) is 0 Å². The van der Waals surface area contributed by atoms with Gasteiger partial charge >= 0.3 is 0 Å². The van der Waals surface area contributed by atoms with Crippen molar-refractivity contribution in [1.82, 2.24) is 20.0 Å². The van der Waals surface area contributed by atoms with Gasteiger partial charge in [-0.15, -0.1) is 0 Å². The van der Waals surface area contributed by atoms with Crippen molar-refractivity contribution < 1.29 is 4.79 Å². The van der Waals surface area contributed by atoms with E-state index in [0.29, 0.717) is 11.9 Å². The van der Waals surface area contributed by atoms with Crippen LogP contribution in [0.25, 0.3) is 0 Å². The number of piperazine rings is 1. The minimum absolute atomic E-state index is 0.0597. The molecule has 1 amide bonds. The van der Waals surface area contributed by atoms with Gasteiger partial charge in [0.05, 0.1) is 6.04 Å². The minimum Gasteiger partial charge on any atom is -0.340 e. The van der Waals surface area contributed by atoms with Gasteiger partial charge in [-0.05, 0) is 19.3 Å². The smallest absolute Gasteiger partial charge is 0.239 e. The Morgan fingerprint density at radius 3 is 2.16 bits per heavy atom. The highest BCUT2D eigenvalue weighted by Crippen LogP contribution is 2.25. The molecule has 0 aromatic carbocycles. The fourth-order valence-corrected chi connectivity index (χ4v) is 6.00. The van der Waals surface area contributed by atoms with Crippen LogP contribution in [-0.2, 0) is 4.79 Å². The largest absolute Gasteiger partial charge is 0.340 e. The van der Waals surface area contributed by atoms with Gasteiger partial charge in [-0.2, -0.15) is 11.8 Å². The second-order valence-electron chi connectivity index (χ2n) is 8.15. The predicted molar refractivity (Wildman–Crippen MR) is 104 cm³/mol. The second-order valence-corrected chi connectivity index (χ2v) is 9.38. The van der Waals surface area contributed by atoms with E-state index >= 15 is 0 Å². The third-order valence-electron chi connectivity index (χ3n) is 6.68. The Bertz CT molecular complexity index is 443. The minimum atomic E-state index is 0.0597. The molecule has 142 valence electrons. The van der Waals surface area contributed by atoms with Crippen LogP contribution in [0.4, 0.5) is 0 Å². The maximum Gasteiger partial charge on any atom is 0.239 e. The van der Waals surface area contributed by atoms with E-state index in [9.17, 15) is 4.79 Å². The van der Waals surface area contributed by atoms with Crippen LogP contribution in [-0.4, -0.2) is 96.1 Å². The van der Waals surface area contributed by atoms with Crippen molar-refractivity contribution >= 4 is 17.7 Å². The number of nitrogens with zero attached hydrogens (tertiary/aromatic N) is 3. The van der Waals surface area contributed by atoms with Gasteiger partial charge in [0.25, 0.3) is 0 Å². The molecule has 0 aromatic rings. The van der Waals surface area contributed by atoms with Crippen LogP contribution in [0.15, 0.2) is 0 Å². The lowest BCUT2D eigenvalue weighted by Gasteiger charge is -2.42. The number of hydrogen-bond acceptors (Lipinski definition) is 5. The topological polar surface area (TPSA) is 38.8 Å². The van der Waals surface area contributed by atoms with E-state index in [4.69, 9.17) is 0 Å². The molecule has 25 heavy (non-hydrogen) atoms. The lowest BCUT2D eigenvalue weighted by atomic mass is 9.93. The van der Waals surface area contributed by atoms with Crippen molar-refractivity contribution in [3.63, 3.8) is 0 Å². The van der Waals surface area contributed by atoms with Crippen LogP contribution in [0.5, 0.6) is 0 Å². The summed E-state index contributed by atoms with van der Waals surface area (Å²) in [7, 11) is 0. The molecule has 4 aliphatic rings. The van der Waals surface area contributed by atoms with E-state index in [1.807, 2.05) is 11.8 Å². The number of hydrogen-bond donors (Lipinski definition) is 1. The van der Waals surface area contributed by atoms with Gasteiger partial charge in [-0.25, -0.2) is 0 Å². The average molecular weight is 367 g/mol. The summed E-state index contributed by atoms with van der Waals surface area (Å²) in [4.78, 5) is 20.2. The molecule has 0 bridgehead atoms. The Kier molecular flexibility index (Phi) is 6.21. The quantitative estimate of drug-likeness (QED) is 0.814. The third-order valence-corrected chi connectivity index (χ3v) is 7.63. The molecule has 3 heterocycles. The normalized spacial score (nSPS) is 33.7. The van der Waals surface area contributed by atoms with E-state index < -0.39 is 0 Å². The monoisotopic (exact) mass is 366 g/mol. The summed E-state index contributed by atoms with van der Waals surface area (Å²) in [5.74, 6) is 2.55. The van der Waals surface area contributed by atoms with Crippen molar-refractivity contribution in [3.8, 4) is 0 Å². The molecule has 3 aliphatic heterocycles. The van der Waals surface area contributed by atoms with Crippen LogP contribution >= 0.6 is 11.8 Å². The molecule has 1 N–H and O–H groups in total. The molecule has 4 fully saturated rings. The van der Waals surface area contributed by atoms with Crippen LogP contribution in [0.3, 0.4) is 0 Å². The molecule has 3 saturated heterocycles. The first-order valence-electron chi connectivity index (χ1n) is 10.4. The number of amides is 1. The van der Waals surface area contributed by atoms with Gasteiger partial charge < -0.3 is 10.2 Å². The Morgan fingerprint density at radius 2 is 1.48 bits per heavy atom. The SMILES string of the molecule is O=C([C@@H]1C[C@H](N2CCN(C3CCCCC3)CC2)CN1)N1CCSCC1. The fourth-order valence-electron chi connectivity index (χ4n) is 5.10. The van der Waals surface area contributed by atoms with Crippen molar-refractivity contribution in [2.45, 2.75) is 56.7 Å². The zero-order chi connectivity index (χ0) is 17.1. The molecule has 5 nitrogen and oxygen atoms in total. The molecular formula is C19H34N4OS. The van der Waals surface area contributed by atoms with Crippen molar-refractivity contribution in [2.75, 3.05) is 57.3 Å². The van der Waals surface area contributed by atoms with E-state index in [2.05, 4.69) is 20.0 Å². The first-order valence-corrected chi connectivity index (χ1v) is 11.5. The van der Waals surface area contributed by atoms with E-state index in [-0.39, 0.29) is 6.04 Å². The summed E-state index contributed by atoms with van der Waals surface area (Å²) in [5.41, 5.74) is 0. The molecule has 0 aromatic heterocycles. The predicted octanol–water partition coefficient (Wildman–Crippen LogP) is 1.24. The number of carbonyl (C=O) groups excluding carboxylic acids is 1. The number of carbonyl (C=O) groups is 1. The summed E-state index contributed by atoms with van der Waals surface area (Å²) in [6.07, 6.45) is 8.12. The van der Waals surface area contributed by atoms with Gasteiger partial charge in [0.15, 0.2) is 0 Å². The van der Waals surface area contributed by atoms with Crippen LogP contribution < -0.4 is 5.32 Å². The highest BCUT2D eigenvalue weighted by atomic mass is 32.2. The summed E-state index contributed by atoms with van der Waals surface area (Å²) >= 11 is 1.97. The zero-order valence-corrected chi connectivity index (χ0v) is 16.3. The summed E-state index contributed by atoms with van der Waals surface area (Å²) in [5, 5.41) is 3.52. The lowest BCUT2D eigenvalue weighted by molar-refractivity contribution is -0.132. The molecule has 1 saturated carbocycles. The second kappa shape index (κ2) is 8.59. The van der Waals surface area contributed by atoms with Gasteiger partial charge in [-0.3, -0.25) is 14.6 Å². The highest BCUT2D eigenvalue weighted by Gasteiger charge is 2.36. The van der Waals surface area contributed by atoms with E-state index in [1.54, 1.807) is 0 Å². The molecule has 0 radical (unpaired) electrons. The molecular weight excluding hydrogens is 332 g/mol. The molecule has 1 aliphatic carbocycles. The van der Waals surface area contributed by atoms with Crippen molar-refractivity contribution in [2.24, 2.45) is 0 Å². The number of nitrogens with one attached hydrogen (secondary N) is 1. The molecule has 6 heteroatoms. The summed E-state index contributed by atoms with van der Waals surface area (Å²) in [6, 6.07) is 1.47. The maximum absolute atomic E-state index is 12.7. The molecule has 2 atom stereocenters. The summed E-state index contributed by atoms with van der Waals surface area (Å²) < 4.78 is 0. The Morgan fingerprint density at radius 1 is 0.840 bits per heavy atom. The fraction of sp³-hybridized carbons (Fsp3) is 0.947. The van der Waals surface area contributed by atoms with E-state index in [0.717, 1.165) is 43.6 Å². The van der Waals surface area contributed by atoms with Crippen LogP contribution in [0.2, 0.25) is 0 Å². The first-order chi connectivity index (χ1) is 12.3. The molecule has 0 unspecified atom stereocenters. The zero-order valence-electron chi connectivity index (χ0n) is 15.5. The Balaban J connectivity index is 1.23. The van der Waals surface area contributed by atoms with Crippen LogP contribution in [0.1, 0.15) is 38.5 Å².